The van der Waals surface area contributed by atoms with E-state index in [0.717, 1.165) is 40.5 Å². The van der Waals surface area contributed by atoms with E-state index in [1.54, 1.807) is 33.7 Å². The molecule has 1 amide bonds. The molecule has 0 aliphatic heterocycles. The molecule has 3 aromatic carbocycles. The first kappa shape index (κ1) is 25.9. The zero-order chi connectivity index (χ0) is 26.4. The second kappa shape index (κ2) is 11.7. The lowest BCUT2D eigenvalue weighted by Crippen LogP contribution is -2.31. The summed E-state index contributed by atoms with van der Waals surface area (Å²) in [6.07, 6.45) is 5.09. The lowest BCUT2D eigenvalue weighted by atomic mass is 9.98. The lowest BCUT2D eigenvalue weighted by molar-refractivity contribution is -0.117. The minimum atomic E-state index is -0.137. The Morgan fingerprint density at radius 2 is 1.70 bits per heavy atom. The number of carbonyl (C=O) groups is 1. The smallest absolute Gasteiger partial charge is 0.244 e. The number of carbonyl (C=O) groups excluding carboxylic acids is 1. The van der Waals surface area contributed by atoms with E-state index in [0.29, 0.717) is 22.8 Å². The average molecular weight is 500 g/mol. The maximum absolute atomic E-state index is 12.8. The standard InChI is InChI=1S/C31H33NO5/c1-20(15-31(33)32-21(2)11-12-22-9-7-6-8-10-22)24-17-26-27(19-37-30(26)18-29(24)36-5)25-16-23(34-3)13-14-28(25)35-4/h6-10,13-19,21H,11-12H2,1-5H3,(H,32,33)/b20-15+. The van der Waals surface area contributed by atoms with Gasteiger partial charge in [-0.05, 0) is 62.1 Å². The lowest BCUT2D eigenvalue weighted by Gasteiger charge is -2.14. The van der Waals surface area contributed by atoms with Crippen LogP contribution < -0.4 is 19.5 Å². The number of aryl methyl sites for hydroxylation is 1. The number of amides is 1. The van der Waals surface area contributed by atoms with Gasteiger partial charge >= 0.3 is 0 Å². The number of benzene rings is 3. The maximum atomic E-state index is 12.8. The first-order valence-corrected chi connectivity index (χ1v) is 12.3. The quantitative estimate of drug-likeness (QED) is 0.247. The molecule has 0 spiro atoms. The molecule has 0 saturated heterocycles. The molecule has 0 bridgehead atoms. The van der Waals surface area contributed by atoms with Gasteiger partial charge in [0.15, 0.2) is 0 Å². The van der Waals surface area contributed by atoms with E-state index in [-0.39, 0.29) is 11.9 Å². The van der Waals surface area contributed by atoms with Crippen molar-refractivity contribution in [2.24, 2.45) is 0 Å². The Kier molecular flexibility index (Phi) is 8.18. The molecule has 0 aliphatic rings. The van der Waals surface area contributed by atoms with Crippen molar-refractivity contribution >= 4 is 22.4 Å². The third kappa shape index (κ3) is 5.97. The molecule has 0 aliphatic carbocycles. The van der Waals surface area contributed by atoms with Crippen LogP contribution in [0.15, 0.2) is 77.4 Å². The summed E-state index contributed by atoms with van der Waals surface area (Å²) < 4.78 is 22.5. The number of furan rings is 1. The first-order valence-electron chi connectivity index (χ1n) is 12.3. The van der Waals surface area contributed by atoms with Crippen molar-refractivity contribution in [1.82, 2.24) is 5.32 Å². The van der Waals surface area contributed by atoms with Crippen LogP contribution in [0.1, 0.15) is 31.4 Å². The second-order valence-electron chi connectivity index (χ2n) is 9.03. The summed E-state index contributed by atoms with van der Waals surface area (Å²) in [5.41, 5.74) is 5.25. The summed E-state index contributed by atoms with van der Waals surface area (Å²) in [6, 6.07) is 19.8. The van der Waals surface area contributed by atoms with E-state index in [2.05, 4.69) is 17.4 Å². The third-order valence-electron chi connectivity index (χ3n) is 6.46. The van der Waals surface area contributed by atoms with Crippen LogP contribution >= 0.6 is 0 Å². The molecule has 0 saturated carbocycles. The van der Waals surface area contributed by atoms with Gasteiger partial charge in [0.1, 0.15) is 22.8 Å². The summed E-state index contributed by atoms with van der Waals surface area (Å²) >= 11 is 0. The summed E-state index contributed by atoms with van der Waals surface area (Å²) in [4.78, 5) is 12.8. The van der Waals surface area contributed by atoms with Crippen LogP contribution in [0.5, 0.6) is 17.2 Å². The number of allylic oxidation sites excluding steroid dienone is 1. The van der Waals surface area contributed by atoms with E-state index in [1.165, 1.54) is 5.56 Å². The molecule has 192 valence electrons. The summed E-state index contributed by atoms with van der Waals surface area (Å²) in [5, 5.41) is 3.96. The Morgan fingerprint density at radius 1 is 0.946 bits per heavy atom. The Bertz CT molecular complexity index is 1400. The van der Waals surface area contributed by atoms with E-state index in [9.17, 15) is 4.79 Å². The van der Waals surface area contributed by atoms with Crippen molar-refractivity contribution in [3.8, 4) is 28.4 Å². The number of hydrogen-bond donors (Lipinski definition) is 1. The predicted octanol–water partition coefficient (Wildman–Crippen LogP) is 6.67. The number of methoxy groups -OCH3 is 3. The maximum Gasteiger partial charge on any atom is 0.244 e. The van der Waals surface area contributed by atoms with Gasteiger partial charge in [0.25, 0.3) is 0 Å². The molecule has 1 unspecified atom stereocenters. The monoisotopic (exact) mass is 499 g/mol. The van der Waals surface area contributed by atoms with Crippen LogP contribution in [-0.4, -0.2) is 33.3 Å². The van der Waals surface area contributed by atoms with Gasteiger partial charge in [-0.15, -0.1) is 0 Å². The molecule has 6 nitrogen and oxygen atoms in total. The van der Waals surface area contributed by atoms with Gasteiger partial charge < -0.3 is 23.9 Å². The molecule has 4 rings (SSSR count). The number of nitrogens with one attached hydrogen (secondary N) is 1. The third-order valence-corrected chi connectivity index (χ3v) is 6.46. The van der Waals surface area contributed by atoms with Gasteiger partial charge in [-0.3, -0.25) is 4.79 Å². The summed E-state index contributed by atoms with van der Waals surface area (Å²) in [6.45, 7) is 3.93. The van der Waals surface area contributed by atoms with Crippen molar-refractivity contribution < 1.29 is 23.4 Å². The zero-order valence-electron chi connectivity index (χ0n) is 22.0. The SMILES string of the molecule is COc1ccc(OC)c(-c2coc3cc(OC)c(/C(C)=C/C(=O)NC(C)CCc4ccccc4)cc23)c1. The molecule has 1 N–H and O–H groups in total. The highest BCUT2D eigenvalue weighted by Gasteiger charge is 2.18. The van der Waals surface area contributed by atoms with Gasteiger partial charge in [-0.25, -0.2) is 0 Å². The fraction of sp³-hybridized carbons (Fsp3) is 0.258. The van der Waals surface area contributed by atoms with Crippen molar-refractivity contribution in [3.63, 3.8) is 0 Å². The van der Waals surface area contributed by atoms with E-state index in [4.69, 9.17) is 18.6 Å². The highest BCUT2D eigenvalue weighted by Crippen LogP contribution is 2.41. The molecule has 1 heterocycles. The second-order valence-corrected chi connectivity index (χ2v) is 9.03. The molecule has 0 radical (unpaired) electrons. The largest absolute Gasteiger partial charge is 0.497 e. The summed E-state index contributed by atoms with van der Waals surface area (Å²) in [7, 11) is 4.87. The zero-order valence-corrected chi connectivity index (χ0v) is 22.0. The minimum Gasteiger partial charge on any atom is -0.497 e. The Balaban J connectivity index is 1.60. The van der Waals surface area contributed by atoms with Crippen LogP contribution in [0.2, 0.25) is 0 Å². The Labute approximate surface area is 217 Å². The number of ether oxygens (including phenoxy) is 3. The Morgan fingerprint density at radius 3 is 2.41 bits per heavy atom. The van der Waals surface area contributed by atoms with Gasteiger partial charge in [0, 0.05) is 40.3 Å². The first-order chi connectivity index (χ1) is 17.9. The average Bonchev–Trinajstić information content (AvgIpc) is 3.33. The highest BCUT2D eigenvalue weighted by atomic mass is 16.5. The van der Waals surface area contributed by atoms with Crippen molar-refractivity contribution in [1.29, 1.82) is 0 Å². The van der Waals surface area contributed by atoms with Gasteiger partial charge in [-0.1, -0.05) is 30.3 Å². The molecular formula is C31H33NO5. The molecule has 1 aromatic heterocycles. The minimum absolute atomic E-state index is 0.0436. The predicted molar refractivity (Wildman–Crippen MR) is 147 cm³/mol. The van der Waals surface area contributed by atoms with Crippen molar-refractivity contribution in [2.75, 3.05) is 21.3 Å². The summed E-state index contributed by atoms with van der Waals surface area (Å²) in [5.74, 6) is 1.91. The van der Waals surface area contributed by atoms with Crippen LogP contribution in [-0.2, 0) is 11.2 Å². The van der Waals surface area contributed by atoms with Crippen molar-refractivity contribution in [3.05, 3.63) is 84.1 Å². The van der Waals surface area contributed by atoms with Gasteiger partial charge in [0.05, 0.1) is 27.6 Å². The van der Waals surface area contributed by atoms with Gasteiger partial charge in [0.2, 0.25) is 5.91 Å². The highest BCUT2D eigenvalue weighted by molar-refractivity contribution is 6.01. The number of rotatable bonds is 10. The fourth-order valence-electron chi connectivity index (χ4n) is 4.42. The Hall–Kier alpha value is -4.19. The molecule has 4 aromatic rings. The van der Waals surface area contributed by atoms with Gasteiger partial charge in [-0.2, -0.15) is 0 Å². The van der Waals surface area contributed by atoms with E-state index >= 15 is 0 Å². The molecule has 6 heteroatoms. The van der Waals surface area contributed by atoms with Crippen LogP contribution in [0.25, 0.3) is 27.7 Å². The molecule has 0 fully saturated rings. The van der Waals surface area contributed by atoms with Crippen LogP contribution in [0.3, 0.4) is 0 Å². The van der Waals surface area contributed by atoms with Crippen LogP contribution in [0.4, 0.5) is 0 Å². The fourth-order valence-corrected chi connectivity index (χ4v) is 4.42. The van der Waals surface area contributed by atoms with Crippen molar-refractivity contribution in [2.45, 2.75) is 32.7 Å². The topological polar surface area (TPSA) is 69.9 Å². The molecule has 37 heavy (non-hydrogen) atoms. The normalized spacial score (nSPS) is 12.3. The molecule has 1 atom stereocenters. The molecular weight excluding hydrogens is 466 g/mol. The van der Waals surface area contributed by atoms with Crippen LogP contribution in [0, 0.1) is 0 Å². The van der Waals surface area contributed by atoms with E-state index in [1.807, 2.05) is 62.4 Å². The number of fused-ring (bicyclic) bond motifs is 1. The number of hydrogen-bond acceptors (Lipinski definition) is 5. The van der Waals surface area contributed by atoms with E-state index < -0.39 is 0 Å².